The Morgan fingerprint density at radius 3 is 2.46 bits per heavy atom. The summed E-state index contributed by atoms with van der Waals surface area (Å²) in [4.78, 5) is 8.44. The minimum atomic E-state index is -1.86. The predicted molar refractivity (Wildman–Crippen MR) is 96.9 cm³/mol. The molecule has 2 heterocycles. The van der Waals surface area contributed by atoms with Gasteiger partial charge in [-0.25, -0.2) is 27.8 Å². The van der Waals surface area contributed by atoms with Crippen LogP contribution >= 0.6 is 11.3 Å². The molecule has 4 aromatic rings. The van der Waals surface area contributed by atoms with E-state index in [0.717, 1.165) is 17.4 Å². The molecule has 1 atom stereocenters. The van der Waals surface area contributed by atoms with Gasteiger partial charge in [-0.3, -0.25) is 0 Å². The molecule has 0 saturated heterocycles. The molecule has 0 radical (unpaired) electrons. The minimum Gasteiger partial charge on any atom is -0.377 e. The number of nitrogens with zero attached hydrogens (tertiary/aromatic N) is 4. The van der Waals surface area contributed by atoms with Gasteiger partial charge in [0.2, 0.25) is 0 Å². The second kappa shape index (κ2) is 7.17. The summed E-state index contributed by atoms with van der Waals surface area (Å²) in [6.45, 7) is -0.152. The number of hydrogen-bond donors (Lipinski definition) is 1. The van der Waals surface area contributed by atoms with Gasteiger partial charge in [0, 0.05) is 23.4 Å². The third-order valence-electron chi connectivity index (χ3n) is 4.24. The van der Waals surface area contributed by atoms with Crippen LogP contribution in [-0.2, 0) is 12.1 Å². The molecule has 2 aromatic carbocycles. The second-order valence-corrected chi connectivity index (χ2v) is 7.14. The smallest absolute Gasteiger partial charge is 0.148 e. The van der Waals surface area contributed by atoms with Gasteiger partial charge in [0.1, 0.15) is 40.7 Å². The number of benzene rings is 2. The molecule has 4 rings (SSSR count). The van der Waals surface area contributed by atoms with Crippen LogP contribution in [0.15, 0.2) is 61.3 Å². The lowest BCUT2D eigenvalue weighted by Crippen LogP contribution is -2.33. The summed E-state index contributed by atoms with van der Waals surface area (Å²) < 4.78 is 42.4. The van der Waals surface area contributed by atoms with Crippen molar-refractivity contribution in [3.8, 4) is 10.6 Å². The number of halogens is 3. The fraction of sp³-hybridized carbons (Fsp3) is 0.105. The molecule has 2 aromatic heterocycles. The standard InChI is InChI=1S/C19H13F3N4OS/c20-13-3-1-12(2-4-13)18-24-8-17(28-18)19(27,9-26-11-23-10-25-26)15-6-5-14(21)7-16(15)22/h1-8,10-11,27H,9H2. The maximum absolute atomic E-state index is 14.5. The molecule has 28 heavy (non-hydrogen) atoms. The number of aromatic nitrogens is 4. The Bertz CT molecular complexity index is 1100. The monoisotopic (exact) mass is 402 g/mol. The molecule has 0 aliphatic carbocycles. The summed E-state index contributed by atoms with van der Waals surface area (Å²) >= 11 is 1.12. The topological polar surface area (TPSA) is 63.8 Å². The van der Waals surface area contributed by atoms with Crippen LogP contribution in [-0.4, -0.2) is 24.9 Å². The number of thiazole rings is 1. The molecule has 1 N–H and O–H groups in total. The molecular formula is C19H13F3N4OS. The lowest BCUT2D eigenvalue weighted by atomic mass is 9.92. The summed E-state index contributed by atoms with van der Waals surface area (Å²) in [5.41, 5.74) is -1.32. The van der Waals surface area contributed by atoms with Gasteiger partial charge in [-0.05, 0) is 36.4 Å². The van der Waals surface area contributed by atoms with Gasteiger partial charge in [0.15, 0.2) is 0 Å². The molecule has 0 aliphatic heterocycles. The maximum atomic E-state index is 14.5. The molecule has 0 spiro atoms. The highest BCUT2D eigenvalue weighted by Gasteiger charge is 2.37. The fourth-order valence-electron chi connectivity index (χ4n) is 2.86. The molecule has 0 saturated carbocycles. The van der Waals surface area contributed by atoms with E-state index in [4.69, 9.17) is 0 Å². The first-order valence-corrected chi connectivity index (χ1v) is 9.00. The fourth-order valence-corrected chi connectivity index (χ4v) is 3.88. The van der Waals surface area contributed by atoms with Crippen molar-refractivity contribution in [3.05, 3.63) is 89.2 Å². The average molecular weight is 402 g/mol. The van der Waals surface area contributed by atoms with Gasteiger partial charge >= 0.3 is 0 Å². The summed E-state index contributed by atoms with van der Waals surface area (Å²) in [6.07, 6.45) is 4.09. The van der Waals surface area contributed by atoms with Crippen LogP contribution in [0.2, 0.25) is 0 Å². The molecule has 0 aliphatic rings. The van der Waals surface area contributed by atoms with E-state index in [1.54, 1.807) is 12.1 Å². The Labute approximate surface area is 161 Å². The average Bonchev–Trinajstić information content (AvgIpc) is 3.34. The first-order valence-electron chi connectivity index (χ1n) is 8.18. The zero-order chi connectivity index (χ0) is 19.7. The van der Waals surface area contributed by atoms with Crippen LogP contribution < -0.4 is 0 Å². The van der Waals surface area contributed by atoms with Crippen LogP contribution in [0.3, 0.4) is 0 Å². The zero-order valence-corrected chi connectivity index (χ0v) is 15.1. The van der Waals surface area contributed by atoms with E-state index in [-0.39, 0.29) is 17.9 Å². The Kier molecular flexibility index (Phi) is 4.70. The van der Waals surface area contributed by atoms with Crippen molar-refractivity contribution in [1.82, 2.24) is 19.7 Å². The van der Waals surface area contributed by atoms with Crippen molar-refractivity contribution in [2.45, 2.75) is 12.1 Å². The highest BCUT2D eigenvalue weighted by Crippen LogP contribution is 2.38. The Balaban J connectivity index is 1.80. The predicted octanol–water partition coefficient (Wildman–Crippen LogP) is 3.76. The minimum absolute atomic E-state index is 0.112. The molecule has 0 bridgehead atoms. The summed E-state index contributed by atoms with van der Waals surface area (Å²) in [5.74, 6) is -2.02. The second-order valence-electron chi connectivity index (χ2n) is 6.11. The van der Waals surface area contributed by atoms with Gasteiger partial charge in [0.25, 0.3) is 0 Å². The first kappa shape index (κ1) is 18.3. The van der Waals surface area contributed by atoms with Gasteiger partial charge in [0.05, 0.1) is 11.4 Å². The summed E-state index contributed by atoms with van der Waals surface area (Å²) in [7, 11) is 0. The quantitative estimate of drug-likeness (QED) is 0.552. The third kappa shape index (κ3) is 3.41. The van der Waals surface area contributed by atoms with Crippen molar-refractivity contribution >= 4 is 11.3 Å². The van der Waals surface area contributed by atoms with Crippen molar-refractivity contribution in [3.63, 3.8) is 0 Å². The van der Waals surface area contributed by atoms with Crippen molar-refractivity contribution in [2.75, 3.05) is 0 Å². The Morgan fingerprint density at radius 1 is 1.04 bits per heavy atom. The molecule has 1 unspecified atom stereocenters. The summed E-state index contributed by atoms with van der Waals surface area (Å²) in [5, 5.41) is 15.9. The molecular weight excluding hydrogens is 389 g/mol. The largest absolute Gasteiger partial charge is 0.377 e. The van der Waals surface area contributed by atoms with Crippen molar-refractivity contribution < 1.29 is 18.3 Å². The van der Waals surface area contributed by atoms with Crippen LogP contribution in [0.1, 0.15) is 10.4 Å². The Hall–Kier alpha value is -3.04. The highest BCUT2D eigenvalue weighted by atomic mass is 32.1. The van der Waals surface area contributed by atoms with Crippen LogP contribution in [0.5, 0.6) is 0 Å². The SMILES string of the molecule is OC(Cn1cncn1)(c1cnc(-c2ccc(F)cc2)s1)c1ccc(F)cc1F. The first-order chi connectivity index (χ1) is 13.5. The molecule has 142 valence electrons. The number of rotatable bonds is 5. The number of aliphatic hydroxyl groups is 1. The van der Waals surface area contributed by atoms with E-state index in [0.29, 0.717) is 21.5 Å². The van der Waals surface area contributed by atoms with E-state index < -0.39 is 17.2 Å². The van der Waals surface area contributed by atoms with E-state index in [1.807, 2.05) is 0 Å². The van der Waals surface area contributed by atoms with Gasteiger partial charge in [-0.1, -0.05) is 0 Å². The van der Waals surface area contributed by atoms with Crippen LogP contribution in [0.4, 0.5) is 13.2 Å². The Morgan fingerprint density at radius 2 is 1.79 bits per heavy atom. The highest BCUT2D eigenvalue weighted by molar-refractivity contribution is 7.15. The number of hydrogen-bond acceptors (Lipinski definition) is 5. The maximum Gasteiger partial charge on any atom is 0.148 e. The van der Waals surface area contributed by atoms with E-state index in [1.165, 1.54) is 41.7 Å². The van der Waals surface area contributed by atoms with Crippen molar-refractivity contribution in [2.24, 2.45) is 0 Å². The van der Waals surface area contributed by atoms with E-state index >= 15 is 0 Å². The zero-order valence-electron chi connectivity index (χ0n) is 14.3. The van der Waals surface area contributed by atoms with E-state index in [9.17, 15) is 18.3 Å². The van der Waals surface area contributed by atoms with E-state index in [2.05, 4.69) is 15.1 Å². The van der Waals surface area contributed by atoms with Crippen LogP contribution in [0, 0.1) is 17.5 Å². The lowest BCUT2D eigenvalue weighted by Gasteiger charge is -2.27. The molecule has 0 amide bonds. The normalized spacial score (nSPS) is 13.4. The molecule has 0 fully saturated rings. The van der Waals surface area contributed by atoms with Crippen molar-refractivity contribution in [1.29, 1.82) is 0 Å². The lowest BCUT2D eigenvalue weighted by molar-refractivity contribution is 0.0569. The van der Waals surface area contributed by atoms with Crippen LogP contribution in [0.25, 0.3) is 10.6 Å². The third-order valence-corrected chi connectivity index (χ3v) is 5.44. The molecule has 5 nitrogen and oxygen atoms in total. The van der Waals surface area contributed by atoms with Gasteiger partial charge < -0.3 is 5.11 Å². The molecule has 9 heteroatoms. The van der Waals surface area contributed by atoms with Gasteiger partial charge in [-0.2, -0.15) is 5.10 Å². The van der Waals surface area contributed by atoms with Gasteiger partial charge in [-0.15, -0.1) is 11.3 Å². The summed E-state index contributed by atoms with van der Waals surface area (Å²) in [6, 6.07) is 8.71.